The van der Waals surface area contributed by atoms with E-state index in [-0.39, 0.29) is 11.8 Å². The molecule has 0 spiro atoms. The largest absolute Gasteiger partial charge is 0.305 e. The fourth-order valence-electron chi connectivity index (χ4n) is 3.72. The molecule has 0 radical (unpaired) electrons. The Morgan fingerprint density at radius 2 is 1.88 bits per heavy atom. The van der Waals surface area contributed by atoms with Gasteiger partial charge >= 0.3 is 0 Å². The predicted octanol–water partition coefficient (Wildman–Crippen LogP) is 5.38. The Morgan fingerprint density at radius 3 is 2.64 bits per heavy atom. The summed E-state index contributed by atoms with van der Waals surface area (Å²) >= 11 is 6.00. The van der Waals surface area contributed by atoms with Gasteiger partial charge < -0.3 is 4.90 Å². The number of hydrogen-bond donors (Lipinski definition) is 0. The second-order valence-electron chi connectivity index (χ2n) is 7.02. The first-order valence-corrected chi connectivity index (χ1v) is 9.15. The van der Waals surface area contributed by atoms with E-state index in [0.29, 0.717) is 11.6 Å². The van der Waals surface area contributed by atoms with Crippen molar-refractivity contribution in [2.75, 3.05) is 4.90 Å². The van der Waals surface area contributed by atoms with Crippen molar-refractivity contribution in [3.05, 3.63) is 58.1 Å². The molecular formula is C21H21ClN2O. The van der Waals surface area contributed by atoms with Gasteiger partial charge in [0.15, 0.2) is 0 Å². The zero-order valence-corrected chi connectivity index (χ0v) is 15.3. The summed E-state index contributed by atoms with van der Waals surface area (Å²) in [5.74, 6) is 0.105. The summed E-state index contributed by atoms with van der Waals surface area (Å²) in [6.07, 6.45) is 2.88. The van der Waals surface area contributed by atoms with Crippen LogP contribution in [0.4, 0.5) is 11.4 Å². The number of halogens is 1. The van der Waals surface area contributed by atoms with Crippen LogP contribution in [0.2, 0.25) is 5.02 Å². The molecule has 25 heavy (non-hydrogen) atoms. The molecule has 1 saturated carbocycles. The Morgan fingerprint density at radius 1 is 1.16 bits per heavy atom. The number of aryl methyl sites for hydroxylation is 2. The molecule has 4 heteroatoms. The maximum atomic E-state index is 13.3. The Bertz CT molecular complexity index is 870. The van der Waals surface area contributed by atoms with Crippen LogP contribution in [0.3, 0.4) is 0 Å². The number of fused-ring (bicyclic) bond motifs is 2. The maximum Gasteiger partial charge on any atom is 0.236 e. The highest BCUT2D eigenvalue weighted by Gasteiger charge is 2.36. The smallest absolute Gasteiger partial charge is 0.236 e. The average molecular weight is 353 g/mol. The van der Waals surface area contributed by atoms with E-state index >= 15 is 0 Å². The summed E-state index contributed by atoms with van der Waals surface area (Å²) in [5.41, 5.74) is 6.35. The minimum Gasteiger partial charge on any atom is -0.305 e. The minimum absolute atomic E-state index is 0.0692. The summed E-state index contributed by atoms with van der Waals surface area (Å²) in [6, 6.07) is 11.9. The van der Waals surface area contributed by atoms with Crippen LogP contribution in [-0.4, -0.2) is 11.6 Å². The lowest BCUT2D eigenvalue weighted by Crippen LogP contribution is -2.36. The summed E-state index contributed by atoms with van der Waals surface area (Å²) in [5, 5.41) is 0.708. The molecule has 2 aliphatic rings. The van der Waals surface area contributed by atoms with Gasteiger partial charge in [0.1, 0.15) is 0 Å². The van der Waals surface area contributed by atoms with Gasteiger partial charge in [0, 0.05) is 10.7 Å². The maximum absolute atomic E-state index is 13.3. The molecule has 1 heterocycles. The normalized spacial score (nSPS) is 19.3. The average Bonchev–Trinajstić information content (AvgIpc) is 3.02. The molecule has 2 aromatic carbocycles. The molecule has 1 amide bonds. The number of hydrogen-bond acceptors (Lipinski definition) is 2. The van der Waals surface area contributed by atoms with Crippen LogP contribution in [0.5, 0.6) is 0 Å². The third kappa shape index (κ3) is 2.98. The summed E-state index contributed by atoms with van der Waals surface area (Å²) < 4.78 is 0. The van der Waals surface area contributed by atoms with Crippen molar-refractivity contribution < 1.29 is 4.79 Å². The lowest BCUT2D eigenvalue weighted by atomic mass is 10.0. The van der Waals surface area contributed by atoms with Crippen LogP contribution in [0, 0.1) is 19.8 Å². The molecule has 3 nitrogen and oxygen atoms in total. The van der Waals surface area contributed by atoms with Crippen molar-refractivity contribution in [3.63, 3.8) is 0 Å². The van der Waals surface area contributed by atoms with Crippen molar-refractivity contribution in [2.24, 2.45) is 10.9 Å². The predicted molar refractivity (Wildman–Crippen MR) is 103 cm³/mol. The van der Waals surface area contributed by atoms with Crippen molar-refractivity contribution in [1.29, 1.82) is 0 Å². The van der Waals surface area contributed by atoms with Gasteiger partial charge in [0.25, 0.3) is 0 Å². The molecule has 1 aliphatic heterocycles. The summed E-state index contributed by atoms with van der Waals surface area (Å²) in [7, 11) is 0. The molecule has 2 aromatic rings. The number of rotatable bonds is 2. The lowest BCUT2D eigenvalue weighted by molar-refractivity contribution is -0.120. The van der Waals surface area contributed by atoms with Gasteiger partial charge in [0.05, 0.1) is 23.8 Å². The molecule has 1 fully saturated rings. The molecule has 128 valence electrons. The first kappa shape index (κ1) is 16.3. The Balaban J connectivity index is 1.81. The van der Waals surface area contributed by atoms with Crippen molar-refractivity contribution >= 4 is 34.6 Å². The van der Waals surface area contributed by atoms with Gasteiger partial charge in [-0.05, 0) is 74.1 Å². The molecule has 0 bridgehead atoms. The highest BCUT2D eigenvalue weighted by Crippen LogP contribution is 2.40. The first-order chi connectivity index (χ1) is 12.0. The van der Waals surface area contributed by atoms with Crippen LogP contribution in [0.25, 0.3) is 0 Å². The van der Waals surface area contributed by atoms with Crippen LogP contribution in [-0.2, 0) is 11.3 Å². The van der Waals surface area contributed by atoms with Crippen molar-refractivity contribution in [1.82, 2.24) is 0 Å². The SMILES string of the molecule is Cc1cc2c(cc1C)N(Cc1ccc(Cl)cc1)C(=O)[C@@H]1CCCC1=N2. The quantitative estimate of drug-likeness (QED) is 0.714. The topological polar surface area (TPSA) is 32.7 Å². The summed E-state index contributed by atoms with van der Waals surface area (Å²) in [4.78, 5) is 20.1. The summed E-state index contributed by atoms with van der Waals surface area (Å²) in [6.45, 7) is 4.72. The molecule has 4 rings (SSSR count). The van der Waals surface area contributed by atoms with E-state index in [2.05, 4.69) is 26.0 Å². The van der Waals surface area contributed by atoms with Gasteiger partial charge in [-0.15, -0.1) is 0 Å². The van der Waals surface area contributed by atoms with Gasteiger partial charge in [0.2, 0.25) is 5.91 Å². The van der Waals surface area contributed by atoms with Gasteiger partial charge in [-0.2, -0.15) is 0 Å². The van der Waals surface area contributed by atoms with E-state index in [1.807, 2.05) is 29.2 Å². The van der Waals surface area contributed by atoms with Crippen LogP contribution < -0.4 is 4.90 Å². The van der Waals surface area contributed by atoms with Crippen LogP contribution >= 0.6 is 11.6 Å². The molecular weight excluding hydrogens is 332 g/mol. The molecule has 0 aromatic heterocycles. The van der Waals surface area contributed by atoms with Crippen LogP contribution in [0.1, 0.15) is 36.0 Å². The molecule has 0 saturated heterocycles. The van der Waals surface area contributed by atoms with E-state index in [9.17, 15) is 4.79 Å². The fourth-order valence-corrected chi connectivity index (χ4v) is 3.84. The van der Waals surface area contributed by atoms with Gasteiger partial charge in [-0.25, -0.2) is 0 Å². The molecule has 1 atom stereocenters. The zero-order valence-electron chi connectivity index (χ0n) is 14.6. The monoisotopic (exact) mass is 352 g/mol. The number of carbonyl (C=O) groups is 1. The van der Waals surface area contributed by atoms with Crippen molar-refractivity contribution in [2.45, 2.75) is 39.7 Å². The molecule has 0 N–H and O–H groups in total. The van der Waals surface area contributed by atoms with Gasteiger partial charge in [-0.1, -0.05) is 23.7 Å². The highest BCUT2D eigenvalue weighted by molar-refractivity contribution is 6.30. The number of amides is 1. The number of benzene rings is 2. The second-order valence-corrected chi connectivity index (χ2v) is 7.46. The number of anilines is 1. The third-order valence-corrected chi connectivity index (χ3v) is 5.54. The van der Waals surface area contributed by atoms with E-state index in [1.165, 1.54) is 11.1 Å². The minimum atomic E-state index is -0.0692. The lowest BCUT2D eigenvalue weighted by Gasteiger charge is -2.25. The van der Waals surface area contributed by atoms with E-state index in [4.69, 9.17) is 16.6 Å². The highest BCUT2D eigenvalue weighted by atomic mass is 35.5. The zero-order chi connectivity index (χ0) is 17.6. The number of nitrogens with zero attached hydrogens (tertiary/aromatic N) is 2. The van der Waals surface area contributed by atoms with E-state index in [1.54, 1.807) is 0 Å². The third-order valence-electron chi connectivity index (χ3n) is 5.29. The Kier molecular flexibility index (Phi) is 4.12. The standard InChI is InChI=1S/C21H21ClN2O/c1-13-10-19-20(11-14(13)2)24(12-15-6-8-16(22)9-7-15)21(25)17-4-3-5-18(17)23-19/h6-11,17H,3-5,12H2,1-2H3/t17-/m1/s1. The first-order valence-electron chi connectivity index (χ1n) is 8.77. The second kappa shape index (κ2) is 6.30. The Labute approximate surface area is 153 Å². The molecule has 0 unspecified atom stereocenters. The molecule has 1 aliphatic carbocycles. The van der Waals surface area contributed by atoms with Crippen LogP contribution in [0.15, 0.2) is 41.4 Å². The Hall–Kier alpha value is -2.13. The number of carbonyl (C=O) groups excluding carboxylic acids is 1. The fraction of sp³-hybridized carbons (Fsp3) is 0.333. The van der Waals surface area contributed by atoms with Crippen molar-refractivity contribution in [3.8, 4) is 0 Å². The van der Waals surface area contributed by atoms with E-state index in [0.717, 1.165) is 41.9 Å². The van der Waals surface area contributed by atoms with E-state index < -0.39 is 0 Å². The number of aliphatic imine (C=N–C) groups is 1. The van der Waals surface area contributed by atoms with Gasteiger partial charge in [-0.3, -0.25) is 9.79 Å².